The molecule has 1 aliphatic rings. The molecule has 1 saturated carbocycles. The second-order valence-electron chi connectivity index (χ2n) is 8.00. The van der Waals surface area contributed by atoms with Gasteiger partial charge in [0.15, 0.2) is 10.0 Å². The van der Waals surface area contributed by atoms with Gasteiger partial charge in [0, 0.05) is 28.9 Å². The fraction of sp³-hybridized carbons (Fsp3) is 0.565. The second-order valence-corrected chi connectivity index (χ2v) is 11.8. The lowest BCUT2D eigenvalue weighted by atomic mass is 9.95. The summed E-state index contributed by atoms with van der Waals surface area (Å²) >= 11 is 11.6. The van der Waals surface area contributed by atoms with E-state index in [0.717, 1.165) is 47.1 Å². The van der Waals surface area contributed by atoms with E-state index in [4.69, 9.17) is 21.4 Å². The molecule has 2 N–H and O–H groups in total. The van der Waals surface area contributed by atoms with E-state index < -0.39 is 12.1 Å². The summed E-state index contributed by atoms with van der Waals surface area (Å²) in [6.07, 6.45) is 3.33. The molecule has 1 aromatic heterocycles. The van der Waals surface area contributed by atoms with Crippen LogP contribution in [0.1, 0.15) is 54.8 Å². The maximum absolute atomic E-state index is 11.0. The van der Waals surface area contributed by atoms with Gasteiger partial charge in [-0.05, 0) is 48.8 Å². The lowest BCUT2D eigenvalue weighted by Gasteiger charge is -2.21. The van der Waals surface area contributed by atoms with Crippen molar-refractivity contribution in [2.45, 2.75) is 59.4 Å². The smallest absolute Gasteiger partial charge is 0.355 e. The van der Waals surface area contributed by atoms with E-state index in [-0.39, 0.29) is 17.2 Å². The Bertz CT molecular complexity index is 863. The third kappa shape index (κ3) is 6.87. The average Bonchev–Trinajstić information content (AvgIpc) is 3.38. The van der Waals surface area contributed by atoms with Gasteiger partial charge >= 0.3 is 5.97 Å². The van der Waals surface area contributed by atoms with E-state index in [1.807, 2.05) is 12.1 Å². The van der Waals surface area contributed by atoms with Crippen LogP contribution in [0.2, 0.25) is 0 Å². The van der Waals surface area contributed by atoms with Crippen molar-refractivity contribution in [3.63, 3.8) is 0 Å². The van der Waals surface area contributed by atoms with Gasteiger partial charge in [-0.25, -0.2) is 9.78 Å². The van der Waals surface area contributed by atoms with Crippen LogP contribution in [0.4, 0.5) is 0 Å². The number of alkyl halides is 1. The molecule has 176 valence electrons. The molecule has 1 heterocycles. The van der Waals surface area contributed by atoms with Crippen LogP contribution in [0, 0.1) is 11.8 Å². The number of carboxylic acid groups (broad SMARTS) is 1. The average molecular weight is 516 g/mol. The summed E-state index contributed by atoms with van der Waals surface area (Å²) in [6.45, 7) is 2.07. The molecule has 9 heteroatoms. The number of hydrogen-bond donors (Lipinski definition) is 2. The highest BCUT2D eigenvalue weighted by Crippen LogP contribution is 2.43. The van der Waals surface area contributed by atoms with E-state index in [1.165, 1.54) is 16.2 Å². The molecule has 32 heavy (non-hydrogen) atoms. The highest BCUT2D eigenvalue weighted by Gasteiger charge is 2.42. The van der Waals surface area contributed by atoms with Gasteiger partial charge in [0.2, 0.25) is 0 Å². The minimum atomic E-state index is -0.984. The Morgan fingerprint density at radius 3 is 2.72 bits per heavy atom. The normalized spacial score (nSPS) is 24.0. The zero-order valence-corrected chi connectivity index (χ0v) is 21.5. The minimum Gasteiger partial charge on any atom is -0.476 e. The molecule has 0 amide bonds. The summed E-state index contributed by atoms with van der Waals surface area (Å²) in [5.74, 6) is 1.60. The number of benzene rings is 1. The van der Waals surface area contributed by atoms with E-state index in [2.05, 4.69) is 24.0 Å². The molecule has 0 spiro atoms. The lowest BCUT2D eigenvalue weighted by Crippen LogP contribution is -2.24. The fourth-order valence-electron chi connectivity index (χ4n) is 4.06. The van der Waals surface area contributed by atoms with Crippen molar-refractivity contribution in [1.82, 2.24) is 4.98 Å². The van der Waals surface area contributed by atoms with Crippen LogP contribution >= 0.6 is 46.5 Å². The van der Waals surface area contributed by atoms with E-state index in [9.17, 15) is 9.90 Å². The molecule has 1 aromatic carbocycles. The summed E-state index contributed by atoms with van der Waals surface area (Å²) in [4.78, 5) is 16.3. The lowest BCUT2D eigenvalue weighted by molar-refractivity contribution is 0.0690. The van der Waals surface area contributed by atoms with Crippen LogP contribution in [-0.4, -0.2) is 51.3 Å². The molecule has 0 saturated heterocycles. The number of hydrogen-bond acceptors (Lipinski definition) is 7. The van der Waals surface area contributed by atoms with Crippen LogP contribution in [-0.2, 0) is 4.74 Å². The number of nitrogens with zero attached hydrogens (tertiary/aromatic N) is 1. The zero-order valence-electron chi connectivity index (χ0n) is 18.3. The number of rotatable bonds is 12. The Hall–Kier alpha value is -0.770. The molecule has 3 unspecified atom stereocenters. The van der Waals surface area contributed by atoms with Crippen LogP contribution in [0.15, 0.2) is 38.9 Å². The zero-order chi connectivity index (χ0) is 23.1. The number of thiazole rings is 1. The molecule has 5 nitrogen and oxygen atoms in total. The van der Waals surface area contributed by atoms with Gasteiger partial charge in [-0.1, -0.05) is 37.2 Å². The minimum absolute atomic E-state index is 0.0216. The Balaban J connectivity index is 1.54. The van der Waals surface area contributed by atoms with E-state index in [1.54, 1.807) is 36.0 Å². The van der Waals surface area contributed by atoms with Crippen molar-refractivity contribution in [3.8, 4) is 0 Å². The molecule has 3 rings (SSSR count). The summed E-state index contributed by atoms with van der Waals surface area (Å²) in [7, 11) is 1.73. The number of methoxy groups -OCH3 is 1. The fourth-order valence-corrected chi connectivity index (χ4v) is 7.80. The Morgan fingerprint density at radius 2 is 2.09 bits per heavy atom. The molecule has 0 radical (unpaired) electrons. The molecule has 1 fully saturated rings. The largest absolute Gasteiger partial charge is 0.476 e. The maximum Gasteiger partial charge on any atom is 0.355 e. The highest BCUT2D eigenvalue weighted by molar-refractivity contribution is 8.01. The number of aromatic carboxylic acids is 1. The summed E-state index contributed by atoms with van der Waals surface area (Å²) in [6, 6.07) is 8.19. The summed E-state index contributed by atoms with van der Waals surface area (Å²) in [5, 5.41) is 20.8. The molecule has 0 bridgehead atoms. The first-order valence-corrected chi connectivity index (χ1v) is 14.1. The van der Waals surface area contributed by atoms with Gasteiger partial charge in [0.25, 0.3) is 0 Å². The SMILES string of the molecule is CCCC(O)c1ccc(SC[C@H]2C(Cl)C(OC)C[C@@H]2CCSc2nc(C(=O)O)cs2)cc1. The van der Waals surface area contributed by atoms with Gasteiger partial charge in [-0.15, -0.1) is 34.7 Å². The second kappa shape index (κ2) is 12.6. The number of carbonyl (C=O) groups is 1. The maximum atomic E-state index is 11.0. The molecular formula is C23H30ClNO4S3. The first kappa shape index (κ1) is 25.8. The number of aliphatic hydroxyl groups excluding tert-OH is 1. The molecule has 1 aliphatic carbocycles. The van der Waals surface area contributed by atoms with Gasteiger partial charge in [0.1, 0.15) is 0 Å². The molecule has 2 aromatic rings. The van der Waals surface area contributed by atoms with Gasteiger partial charge in [0.05, 0.1) is 17.6 Å². The van der Waals surface area contributed by atoms with Crippen molar-refractivity contribution in [2.24, 2.45) is 11.8 Å². The van der Waals surface area contributed by atoms with Crippen LogP contribution in [0.5, 0.6) is 0 Å². The van der Waals surface area contributed by atoms with Crippen molar-refractivity contribution in [1.29, 1.82) is 0 Å². The summed E-state index contributed by atoms with van der Waals surface area (Å²) in [5.41, 5.74) is 1.08. The topological polar surface area (TPSA) is 79.7 Å². The van der Waals surface area contributed by atoms with Crippen molar-refractivity contribution in [2.75, 3.05) is 18.6 Å². The first-order chi connectivity index (χ1) is 15.4. The predicted octanol–water partition coefficient (Wildman–Crippen LogP) is 6.21. The van der Waals surface area contributed by atoms with Gasteiger partial charge < -0.3 is 14.9 Å². The monoisotopic (exact) mass is 515 g/mol. The van der Waals surface area contributed by atoms with E-state index in [0.29, 0.717) is 11.8 Å². The third-order valence-corrected chi connectivity index (χ3v) is 9.71. The number of aromatic nitrogens is 1. The van der Waals surface area contributed by atoms with Crippen LogP contribution < -0.4 is 0 Å². The third-order valence-electron chi connectivity index (χ3n) is 5.89. The highest BCUT2D eigenvalue weighted by atomic mass is 35.5. The quantitative estimate of drug-likeness (QED) is 0.257. The Kier molecular flexibility index (Phi) is 10.2. The number of carboxylic acids is 1. The number of aliphatic hydroxyl groups is 1. The number of thioether (sulfide) groups is 2. The van der Waals surface area contributed by atoms with Gasteiger partial charge in [-0.2, -0.15) is 0 Å². The molecular weight excluding hydrogens is 486 g/mol. The number of halogens is 1. The Labute approximate surface area is 207 Å². The molecule has 0 aliphatic heterocycles. The van der Waals surface area contributed by atoms with Crippen molar-refractivity contribution >= 4 is 52.4 Å². The van der Waals surface area contributed by atoms with Crippen molar-refractivity contribution < 1.29 is 19.7 Å². The first-order valence-electron chi connectivity index (χ1n) is 10.8. The van der Waals surface area contributed by atoms with Gasteiger partial charge in [-0.3, -0.25) is 0 Å². The van der Waals surface area contributed by atoms with Crippen molar-refractivity contribution in [3.05, 3.63) is 40.9 Å². The summed E-state index contributed by atoms with van der Waals surface area (Å²) < 4.78 is 6.44. The molecule has 5 atom stereocenters. The van der Waals surface area contributed by atoms with E-state index >= 15 is 0 Å². The standard InChI is InChI=1S/C23H30ClNO4S3/c1-3-4-19(26)14-5-7-16(8-6-14)31-12-17-15(11-20(29-2)21(17)24)9-10-30-23-25-18(13-32-23)22(27)28/h5-8,13,15,17,19-21,26H,3-4,9-12H2,1-2H3,(H,27,28)/t15-,17+,19?,20?,21?/m0/s1. The van der Waals surface area contributed by atoms with Crippen LogP contribution in [0.25, 0.3) is 0 Å². The number of ether oxygens (including phenoxy) is 1. The Morgan fingerprint density at radius 1 is 1.34 bits per heavy atom. The predicted molar refractivity (Wildman–Crippen MR) is 133 cm³/mol. The van der Waals surface area contributed by atoms with Crippen LogP contribution in [0.3, 0.4) is 0 Å².